The number of hydrogen-bond donors (Lipinski definition) is 1. The van der Waals surface area contributed by atoms with Crippen LogP contribution in [0.15, 0.2) is 59.5 Å². The summed E-state index contributed by atoms with van der Waals surface area (Å²) in [6.45, 7) is 0.622. The van der Waals surface area contributed by atoms with Crippen molar-refractivity contribution in [1.82, 2.24) is 19.7 Å². The number of para-hydroxylation sites is 1. The minimum atomic E-state index is -0.250. The number of nitrogens with zero attached hydrogens (tertiary/aromatic N) is 4. The molecule has 1 aliphatic carbocycles. The van der Waals surface area contributed by atoms with Crippen LogP contribution in [0.3, 0.4) is 0 Å². The minimum Gasteiger partial charge on any atom is -0.311 e. The Labute approximate surface area is 165 Å². The maximum absolute atomic E-state index is 14.7. The summed E-state index contributed by atoms with van der Waals surface area (Å²) < 4.78 is 16.4. The Morgan fingerprint density at radius 1 is 1.07 bits per heavy atom. The molecule has 0 bridgehead atoms. The molecular formula is C22H18FN5O. The molecule has 29 heavy (non-hydrogen) atoms. The number of aromatic amines is 1. The first-order valence-corrected chi connectivity index (χ1v) is 9.76. The summed E-state index contributed by atoms with van der Waals surface area (Å²) in [5, 5.41) is 4.79. The molecule has 3 heterocycles. The van der Waals surface area contributed by atoms with Crippen molar-refractivity contribution in [1.29, 1.82) is 0 Å². The van der Waals surface area contributed by atoms with Crippen molar-refractivity contribution in [3.05, 3.63) is 76.5 Å². The van der Waals surface area contributed by atoms with Crippen molar-refractivity contribution < 1.29 is 4.39 Å². The van der Waals surface area contributed by atoms with Crippen LogP contribution in [0.5, 0.6) is 0 Å². The summed E-state index contributed by atoms with van der Waals surface area (Å²) in [5.41, 5.74) is 2.43. The summed E-state index contributed by atoms with van der Waals surface area (Å²) in [7, 11) is 0. The molecule has 0 unspecified atom stereocenters. The van der Waals surface area contributed by atoms with Crippen molar-refractivity contribution in [2.75, 3.05) is 11.4 Å². The highest BCUT2D eigenvalue weighted by atomic mass is 19.1. The molecule has 4 aromatic rings. The Morgan fingerprint density at radius 2 is 1.90 bits per heavy atom. The van der Waals surface area contributed by atoms with Crippen LogP contribution >= 0.6 is 0 Å². The zero-order chi connectivity index (χ0) is 19.6. The number of halogens is 1. The average molecular weight is 387 g/mol. The fraction of sp³-hybridized carbons (Fsp3) is 0.227. The summed E-state index contributed by atoms with van der Waals surface area (Å²) in [6, 6.07) is 14.7. The van der Waals surface area contributed by atoms with Gasteiger partial charge in [0, 0.05) is 17.5 Å². The van der Waals surface area contributed by atoms with Crippen molar-refractivity contribution >= 4 is 22.7 Å². The second-order valence-electron chi connectivity index (χ2n) is 7.87. The maximum Gasteiger partial charge on any atom is 0.263 e. The van der Waals surface area contributed by atoms with Crippen LogP contribution in [0.2, 0.25) is 0 Å². The molecule has 2 aromatic heterocycles. The molecule has 1 N–H and O–H groups in total. The number of benzene rings is 2. The van der Waals surface area contributed by atoms with Crippen LogP contribution in [-0.4, -0.2) is 26.3 Å². The van der Waals surface area contributed by atoms with Crippen LogP contribution in [-0.2, 0) is 5.41 Å². The van der Waals surface area contributed by atoms with E-state index in [1.807, 2.05) is 41.3 Å². The molecule has 1 saturated carbocycles. The van der Waals surface area contributed by atoms with E-state index in [0.717, 1.165) is 36.2 Å². The van der Waals surface area contributed by atoms with E-state index in [4.69, 9.17) is 4.98 Å². The predicted molar refractivity (Wildman–Crippen MR) is 108 cm³/mol. The fourth-order valence-electron chi connectivity index (χ4n) is 4.72. The van der Waals surface area contributed by atoms with Crippen molar-refractivity contribution in [2.24, 2.45) is 0 Å². The first kappa shape index (κ1) is 16.5. The second-order valence-corrected chi connectivity index (χ2v) is 7.87. The van der Waals surface area contributed by atoms with E-state index in [2.05, 4.69) is 10.1 Å². The molecule has 1 aliphatic heterocycles. The number of nitrogens with one attached hydrogen (secondary N) is 1. The molecule has 0 saturated heterocycles. The number of rotatable bonds is 2. The van der Waals surface area contributed by atoms with E-state index in [1.165, 1.54) is 12.3 Å². The number of H-pyrrole nitrogens is 1. The van der Waals surface area contributed by atoms with Gasteiger partial charge in [0.15, 0.2) is 5.65 Å². The molecule has 6 nitrogen and oxygen atoms in total. The van der Waals surface area contributed by atoms with Crippen LogP contribution < -0.4 is 10.5 Å². The van der Waals surface area contributed by atoms with Crippen molar-refractivity contribution in [2.45, 2.75) is 24.7 Å². The number of hydrogen-bond acceptors (Lipinski definition) is 4. The molecule has 2 aliphatic rings. The van der Waals surface area contributed by atoms with E-state index in [0.29, 0.717) is 23.5 Å². The van der Waals surface area contributed by atoms with Gasteiger partial charge in [-0.05, 0) is 37.1 Å². The number of aromatic nitrogens is 4. The van der Waals surface area contributed by atoms with Gasteiger partial charge in [-0.1, -0.05) is 30.7 Å². The predicted octanol–water partition coefficient (Wildman–Crippen LogP) is 3.82. The van der Waals surface area contributed by atoms with E-state index < -0.39 is 0 Å². The maximum atomic E-state index is 14.7. The SMILES string of the molecule is O=c1[nH]c(N2CC3(CCC3)c3c(F)cccc32)nc2c1cnn2-c1ccccc1. The van der Waals surface area contributed by atoms with Crippen LogP contribution in [0.1, 0.15) is 24.8 Å². The van der Waals surface area contributed by atoms with E-state index in [-0.39, 0.29) is 16.8 Å². The van der Waals surface area contributed by atoms with Crippen molar-refractivity contribution in [3.63, 3.8) is 0 Å². The van der Waals surface area contributed by atoms with Crippen molar-refractivity contribution in [3.8, 4) is 5.69 Å². The highest BCUT2D eigenvalue weighted by Crippen LogP contribution is 2.54. The minimum absolute atomic E-state index is 0.178. The summed E-state index contributed by atoms with van der Waals surface area (Å²) in [6.07, 6.45) is 4.52. The lowest BCUT2D eigenvalue weighted by Gasteiger charge is -2.39. The van der Waals surface area contributed by atoms with Gasteiger partial charge in [0.2, 0.25) is 5.95 Å². The molecule has 0 atom stereocenters. The Morgan fingerprint density at radius 3 is 2.66 bits per heavy atom. The number of anilines is 2. The highest BCUT2D eigenvalue weighted by Gasteiger charge is 2.49. The third kappa shape index (κ3) is 2.24. The van der Waals surface area contributed by atoms with E-state index in [9.17, 15) is 9.18 Å². The van der Waals surface area contributed by atoms with Gasteiger partial charge in [0.25, 0.3) is 5.56 Å². The Balaban J connectivity index is 1.55. The van der Waals surface area contributed by atoms with Gasteiger partial charge in [-0.25, -0.2) is 9.07 Å². The average Bonchev–Trinajstić information content (AvgIpc) is 3.29. The van der Waals surface area contributed by atoms with Crippen LogP contribution in [0, 0.1) is 5.82 Å². The van der Waals surface area contributed by atoms with Crippen LogP contribution in [0.4, 0.5) is 16.0 Å². The lowest BCUT2D eigenvalue weighted by molar-refractivity contribution is 0.259. The fourth-order valence-corrected chi connectivity index (χ4v) is 4.72. The monoisotopic (exact) mass is 387 g/mol. The molecule has 2 aromatic carbocycles. The van der Waals surface area contributed by atoms with Gasteiger partial charge < -0.3 is 4.90 Å². The normalized spacial score (nSPS) is 16.9. The van der Waals surface area contributed by atoms with Gasteiger partial charge in [-0.3, -0.25) is 9.78 Å². The smallest absolute Gasteiger partial charge is 0.263 e. The van der Waals surface area contributed by atoms with Gasteiger partial charge in [-0.15, -0.1) is 0 Å². The summed E-state index contributed by atoms with van der Waals surface area (Å²) >= 11 is 0. The molecule has 0 amide bonds. The molecule has 6 rings (SSSR count). The van der Waals surface area contributed by atoms with E-state index in [1.54, 1.807) is 10.7 Å². The first-order valence-electron chi connectivity index (χ1n) is 9.76. The molecular weight excluding hydrogens is 369 g/mol. The van der Waals surface area contributed by atoms with Crippen LogP contribution in [0.25, 0.3) is 16.7 Å². The third-order valence-electron chi connectivity index (χ3n) is 6.27. The lowest BCUT2D eigenvalue weighted by atomic mass is 9.65. The zero-order valence-electron chi connectivity index (χ0n) is 15.6. The van der Waals surface area contributed by atoms with Gasteiger partial charge in [-0.2, -0.15) is 10.1 Å². The Kier molecular flexibility index (Phi) is 3.27. The third-order valence-corrected chi connectivity index (χ3v) is 6.27. The van der Waals surface area contributed by atoms with Gasteiger partial charge in [0.05, 0.1) is 17.6 Å². The Bertz CT molecular complexity index is 1310. The molecule has 7 heteroatoms. The topological polar surface area (TPSA) is 66.8 Å². The zero-order valence-corrected chi connectivity index (χ0v) is 15.6. The second kappa shape index (κ2) is 5.76. The van der Waals surface area contributed by atoms with Gasteiger partial charge >= 0.3 is 0 Å². The molecule has 1 spiro atoms. The lowest BCUT2D eigenvalue weighted by Crippen LogP contribution is -2.39. The Hall–Kier alpha value is -3.48. The molecule has 1 fully saturated rings. The van der Waals surface area contributed by atoms with Gasteiger partial charge in [0.1, 0.15) is 11.2 Å². The standard InChI is InChI=1S/C22H18FN5O/c23-16-8-4-9-17-18(16)22(10-5-11-22)13-27(17)21-25-19-15(20(29)26-21)12-24-28(19)14-6-2-1-3-7-14/h1-4,6-9,12H,5,10-11,13H2,(H,25,26,29). The first-order chi connectivity index (χ1) is 14.2. The molecule has 144 valence electrons. The summed E-state index contributed by atoms with van der Waals surface area (Å²) in [4.78, 5) is 22.4. The van der Waals surface area contributed by atoms with E-state index >= 15 is 0 Å². The highest BCUT2D eigenvalue weighted by molar-refractivity contribution is 5.78. The quantitative estimate of drug-likeness (QED) is 0.568. The largest absolute Gasteiger partial charge is 0.311 e. The molecule has 0 radical (unpaired) electrons. The number of fused-ring (bicyclic) bond motifs is 3. The summed E-state index contributed by atoms with van der Waals surface area (Å²) in [5.74, 6) is 0.248.